The van der Waals surface area contributed by atoms with Crippen molar-refractivity contribution in [1.82, 2.24) is 0 Å². The number of benzene rings is 1. The van der Waals surface area contributed by atoms with Crippen LogP contribution >= 0.6 is 11.6 Å². The van der Waals surface area contributed by atoms with Gasteiger partial charge < -0.3 is 0 Å². The van der Waals surface area contributed by atoms with Crippen LogP contribution in [-0.2, 0) is 9.84 Å². The minimum atomic E-state index is -3.04. The van der Waals surface area contributed by atoms with Crippen LogP contribution in [0.25, 0.3) is 5.70 Å². The molecular weight excluding hydrogens is 366 g/mol. The predicted molar refractivity (Wildman–Crippen MR) is 110 cm³/mol. The Morgan fingerprint density at radius 3 is 2.46 bits per heavy atom. The molecule has 1 aliphatic carbocycles. The molecule has 5 heteroatoms. The Kier molecular flexibility index (Phi) is 5.64. The van der Waals surface area contributed by atoms with E-state index < -0.39 is 14.6 Å². The molecule has 0 saturated heterocycles. The highest BCUT2D eigenvalue weighted by molar-refractivity contribution is 7.92. The van der Waals surface area contributed by atoms with Gasteiger partial charge in [0.25, 0.3) is 0 Å². The van der Waals surface area contributed by atoms with Gasteiger partial charge in [-0.05, 0) is 70.4 Å². The first-order chi connectivity index (χ1) is 12.2. The van der Waals surface area contributed by atoms with E-state index >= 15 is 0 Å². The standard InChI is InChI=1S/C21H28ClNO2S/c1-21(2,3)26(24,25)14-15-7-9-16(10-8-15)19-11-12-20(23-19)17-5-4-6-18(22)13-17/h4-6,12-13,15-16H,7-11,14H2,1-3H3. The van der Waals surface area contributed by atoms with Crippen molar-refractivity contribution >= 4 is 32.8 Å². The van der Waals surface area contributed by atoms with Crippen LogP contribution in [0.2, 0.25) is 5.02 Å². The average Bonchev–Trinajstić information content (AvgIpc) is 3.04. The van der Waals surface area contributed by atoms with Gasteiger partial charge >= 0.3 is 0 Å². The number of hydrogen-bond donors (Lipinski definition) is 0. The van der Waals surface area contributed by atoms with Gasteiger partial charge in [0, 0.05) is 22.7 Å². The van der Waals surface area contributed by atoms with Gasteiger partial charge in [-0.2, -0.15) is 0 Å². The third-order valence-electron chi connectivity index (χ3n) is 5.60. The van der Waals surface area contributed by atoms with Crippen molar-refractivity contribution in [3.8, 4) is 0 Å². The summed E-state index contributed by atoms with van der Waals surface area (Å²) in [6, 6.07) is 7.82. The SMILES string of the molecule is CC(C)(C)S(=O)(=O)CC1CCC(C2=NC(c3cccc(Cl)c3)=CC2)CC1. The molecule has 0 aromatic heterocycles. The fourth-order valence-electron chi connectivity index (χ4n) is 3.76. The number of nitrogens with zero attached hydrogens (tertiary/aromatic N) is 1. The van der Waals surface area contributed by atoms with E-state index in [1.807, 2.05) is 24.3 Å². The second kappa shape index (κ2) is 7.47. The predicted octanol–water partition coefficient (Wildman–Crippen LogP) is 5.55. The average molecular weight is 394 g/mol. The van der Waals surface area contributed by atoms with E-state index in [-0.39, 0.29) is 5.92 Å². The molecule has 1 aliphatic heterocycles. The summed E-state index contributed by atoms with van der Waals surface area (Å²) >= 11 is 6.08. The Morgan fingerprint density at radius 1 is 1.15 bits per heavy atom. The number of hydrogen-bond acceptors (Lipinski definition) is 3. The van der Waals surface area contributed by atoms with Gasteiger partial charge in [-0.1, -0.05) is 29.8 Å². The lowest BCUT2D eigenvalue weighted by Crippen LogP contribution is -2.34. The minimum absolute atomic E-state index is 0.290. The molecule has 0 amide bonds. The Morgan fingerprint density at radius 2 is 1.85 bits per heavy atom. The first-order valence-electron chi connectivity index (χ1n) is 9.41. The largest absolute Gasteiger partial charge is 0.257 e. The lowest BCUT2D eigenvalue weighted by Gasteiger charge is -2.30. The number of aliphatic imine (C=N–C) groups is 1. The normalized spacial score (nSPS) is 24.3. The Balaban J connectivity index is 1.59. The topological polar surface area (TPSA) is 46.5 Å². The quantitative estimate of drug-likeness (QED) is 0.673. The Hall–Kier alpha value is -1.13. The molecule has 0 spiro atoms. The molecule has 3 nitrogen and oxygen atoms in total. The summed E-state index contributed by atoms with van der Waals surface area (Å²) in [5.74, 6) is 1.09. The zero-order chi connectivity index (χ0) is 18.9. The molecule has 1 fully saturated rings. The molecule has 0 N–H and O–H groups in total. The van der Waals surface area contributed by atoms with Crippen LogP contribution in [0, 0.1) is 11.8 Å². The van der Waals surface area contributed by atoms with E-state index in [1.54, 1.807) is 20.8 Å². The van der Waals surface area contributed by atoms with Crippen molar-refractivity contribution in [1.29, 1.82) is 0 Å². The summed E-state index contributed by atoms with van der Waals surface area (Å²) in [5.41, 5.74) is 3.33. The molecule has 0 radical (unpaired) electrons. The fraction of sp³-hybridized carbons (Fsp3) is 0.571. The highest BCUT2D eigenvalue weighted by Crippen LogP contribution is 2.36. The summed E-state index contributed by atoms with van der Waals surface area (Å²) in [5, 5.41) is 0.729. The van der Waals surface area contributed by atoms with Crippen LogP contribution in [0.4, 0.5) is 0 Å². The Bertz CT molecular complexity index is 826. The van der Waals surface area contributed by atoms with Gasteiger partial charge in [-0.25, -0.2) is 8.42 Å². The zero-order valence-corrected chi connectivity index (χ0v) is 17.4. The van der Waals surface area contributed by atoms with Crippen LogP contribution in [0.5, 0.6) is 0 Å². The Labute approximate surface area is 162 Å². The smallest absolute Gasteiger partial charge is 0.155 e. The molecule has 0 unspecified atom stereocenters. The van der Waals surface area contributed by atoms with Gasteiger partial charge in [0.1, 0.15) is 0 Å². The molecule has 1 aromatic carbocycles. The molecule has 0 atom stereocenters. The second-order valence-electron chi connectivity index (χ2n) is 8.52. The summed E-state index contributed by atoms with van der Waals surface area (Å²) in [6.45, 7) is 5.39. The molecule has 2 aliphatic rings. The molecule has 0 bridgehead atoms. The minimum Gasteiger partial charge on any atom is -0.257 e. The van der Waals surface area contributed by atoms with Gasteiger partial charge in [-0.15, -0.1) is 0 Å². The molecule has 142 valence electrons. The van der Waals surface area contributed by atoms with Gasteiger partial charge in [0.2, 0.25) is 0 Å². The maximum atomic E-state index is 12.4. The van der Waals surface area contributed by atoms with Crippen molar-refractivity contribution < 1.29 is 8.42 Å². The highest BCUT2D eigenvalue weighted by Gasteiger charge is 2.34. The van der Waals surface area contributed by atoms with E-state index in [0.29, 0.717) is 11.7 Å². The van der Waals surface area contributed by atoms with Crippen LogP contribution in [0.3, 0.4) is 0 Å². The van der Waals surface area contributed by atoms with Crippen LogP contribution in [0.1, 0.15) is 58.4 Å². The number of allylic oxidation sites excluding steroid dienone is 1. The maximum absolute atomic E-state index is 12.4. The van der Waals surface area contributed by atoms with Gasteiger partial charge in [-0.3, -0.25) is 4.99 Å². The third kappa shape index (κ3) is 4.40. The van der Waals surface area contributed by atoms with Gasteiger partial charge in [0.15, 0.2) is 9.84 Å². The fourth-order valence-corrected chi connectivity index (χ4v) is 5.40. The molecule has 26 heavy (non-hydrogen) atoms. The lowest BCUT2D eigenvalue weighted by atomic mass is 9.80. The van der Waals surface area contributed by atoms with E-state index in [4.69, 9.17) is 16.6 Å². The summed E-state index contributed by atoms with van der Waals surface area (Å²) in [6.07, 6.45) is 7.12. The number of halogens is 1. The van der Waals surface area contributed by atoms with Crippen LogP contribution < -0.4 is 0 Å². The van der Waals surface area contributed by atoms with Crippen LogP contribution in [0.15, 0.2) is 35.3 Å². The van der Waals surface area contributed by atoms with E-state index in [9.17, 15) is 8.42 Å². The number of rotatable bonds is 4. The summed E-state index contributed by atoms with van der Waals surface area (Å²) in [7, 11) is -3.04. The molecule has 1 heterocycles. The van der Waals surface area contributed by atoms with Crippen molar-refractivity contribution in [3.63, 3.8) is 0 Å². The first kappa shape index (κ1) is 19.6. The third-order valence-corrected chi connectivity index (χ3v) is 8.61. The van der Waals surface area contributed by atoms with Gasteiger partial charge in [0.05, 0.1) is 16.2 Å². The second-order valence-corrected chi connectivity index (χ2v) is 11.7. The van der Waals surface area contributed by atoms with E-state index in [1.165, 1.54) is 5.71 Å². The monoisotopic (exact) mass is 393 g/mol. The van der Waals surface area contributed by atoms with Crippen molar-refractivity contribution in [2.75, 3.05) is 5.75 Å². The first-order valence-corrected chi connectivity index (χ1v) is 11.4. The van der Waals surface area contributed by atoms with E-state index in [2.05, 4.69) is 6.08 Å². The zero-order valence-electron chi connectivity index (χ0n) is 15.8. The molecule has 3 rings (SSSR count). The molecule has 1 aromatic rings. The molecule has 1 saturated carbocycles. The number of sulfone groups is 1. The van der Waals surface area contributed by atoms with Crippen molar-refractivity contribution in [2.45, 2.75) is 57.6 Å². The summed E-state index contributed by atoms with van der Waals surface area (Å²) < 4.78 is 24.2. The van der Waals surface area contributed by atoms with Crippen molar-refractivity contribution in [2.24, 2.45) is 16.8 Å². The van der Waals surface area contributed by atoms with E-state index in [0.717, 1.165) is 48.4 Å². The molecular formula is C21H28ClNO2S. The lowest BCUT2D eigenvalue weighted by molar-refractivity contribution is 0.342. The summed E-state index contributed by atoms with van der Waals surface area (Å²) in [4.78, 5) is 4.86. The van der Waals surface area contributed by atoms with Crippen LogP contribution in [-0.4, -0.2) is 24.6 Å². The maximum Gasteiger partial charge on any atom is 0.155 e. The highest BCUT2D eigenvalue weighted by atomic mass is 35.5. The van der Waals surface area contributed by atoms with Crippen molar-refractivity contribution in [3.05, 3.63) is 40.9 Å².